The normalized spacial score (nSPS) is 11.1. The summed E-state index contributed by atoms with van der Waals surface area (Å²) < 4.78 is 8.98. The number of fused-ring (bicyclic) bond motifs is 1. The van der Waals surface area contributed by atoms with Crippen LogP contribution in [0.1, 0.15) is 28.5 Å². The Hall–Kier alpha value is -1.10. The van der Waals surface area contributed by atoms with E-state index in [0.29, 0.717) is 32.9 Å². The molecule has 0 aliphatic heterocycles. The summed E-state index contributed by atoms with van der Waals surface area (Å²) >= 11 is 11.3. The van der Waals surface area contributed by atoms with Gasteiger partial charge >= 0.3 is 5.97 Å². The van der Waals surface area contributed by atoms with Crippen LogP contribution in [0.2, 0.25) is 5.02 Å². The first-order valence-corrected chi connectivity index (χ1v) is 11.5. The first-order chi connectivity index (χ1) is 12.9. The van der Waals surface area contributed by atoms with Gasteiger partial charge in [-0.05, 0) is 53.5 Å². The van der Waals surface area contributed by atoms with Crippen molar-refractivity contribution in [1.82, 2.24) is 9.55 Å². The molecule has 0 aliphatic carbocycles. The van der Waals surface area contributed by atoms with Gasteiger partial charge in [0.25, 0.3) is 5.56 Å². The maximum atomic E-state index is 12.9. The molecule has 2 aromatic heterocycles. The van der Waals surface area contributed by atoms with Crippen molar-refractivity contribution in [3.05, 3.63) is 54.0 Å². The summed E-state index contributed by atoms with van der Waals surface area (Å²) in [6.07, 6.45) is 2.22. The third kappa shape index (κ3) is 4.03. The van der Waals surface area contributed by atoms with Gasteiger partial charge < -0.3 is 9.30 Å². The quantitative estimate of drug-likeness (QED) is 0.269. The van der Waals surface area contributed by atoms with Crippen molar-refractivity contribution in [2.75, 3.05) is 12.9 Å². The third-order valence-electron chi connectivity index (χ3n) is 4.06. The number of thioether (sulfide) groups is 1. The molecule has 1 aromatic carbocycles. The number of rotatable bonds is 5. The van der Waals surface area contributed by atoms with Gasteiger partial charge in [-0.15, -0.1) is 11.3 Å². The van der Waals surface area contributed by atoms with Gasteiger partial charge in [-0.3, -0.25) is 4.79 Å². The minimum absolute atomic E-state index is 0.174. The Morgan fingerprint density at radius 1 is 1.44 bits per heavy atom. The highest BCUT2D eigenvalue weighted by molar-refractivity contribution is 14.1. The Morgan fingerprint density at radius 2 is 2.19 bits per heavy atom. The van der Waals surface area contributed by atoms with Crippen LogP contribution >= 0.6 is 57.3 Å². The molecule has 0 unspecified atom stereocenters. The highest BCUT2D eigenvalue weighted by atomic mass is 127. The van der Waals surface area contributed by atoms with Crippen molar-refractivity contribution in [2.45, 2.75) is 17.7 Å². The zero-order valence-corrected chi connectivity index (χ0v) is 19.4. The van der Waals surface area contributed by atoms with E-state index in [4.69, 9.17) is 16.3 Å². The van der Waals surface area contributed by atoms with Crippen LogP contribution in [0.5, 0.6) is 0 Å². The number of aromatic nitrogens is 2. The fourth-order valence-corrected chi connectivity index (χ4v) is 5.22. The number of nitrogens with zero attached hydrogens (tertiary/aromatic N) is 2. The van der Waals surface area contributed by atoms with Gasteiger partial charge in [0, 0.05) is 27.8 Å². The Balaban J connectivity index is 2.29. The molecule has 9 heteroatoms. The monoisotopic (exact) mass is 534 g/mol. The summed E-state index contributed by atoms with van der Waals surface area (Å²) in [5.41, 5.74) is 1.94. The Bertz CT molecular complexity index is 1090. The average molecular weight is 535 g/mol. The summed E-state index contributed by atoms with van der Waals surface area (Å²) in [6, 6.07) is 5.70. The van der Waals surface area contributed by atoms with Gasteiger partial charge in [0.15, 0.2) is 4.34 Å². The highest BCUT2D eigenvalue weighted by Crippen LogP contribution is 2.31. The minimum Gasteiger partial charge on any atom is -0.462 e. The van der Waals surface area contributed by atoms with Gasteiger partial charge in [-0.2, -0.15) is 0 Å². The highest BCUT2D eigenvalue weighted by Gasteiger charge is 2.25. The number of halogens is 2. The molecule has 3 aromatic rings. The van der Waals surface area contributed by atoms with E-state index >= 15 is 0 Å². The summed E-state index contributed by atoms with van der Waals surface area (Å²) in [4.78, 5) is 30.1. The van der Waals surface area contributed by atoms with E-state index in [1.165, 1.54) is 27.7 Å². The van der Waals surface area contributed by atoms with Gasteiger partial charge in [0.05, 0.1) is 6.61 Å². The summed E-state index contributed by atoms with van der Waals surface area (Å²) in [5.74, 6) is -0.479. The number of ether oxygens (including phenoxy) is 1. The Kier molecular flexibility index (Phi) is 6.50. The molecular weight excluding hydrogens is 519 g/mol. The molecule has 0 amide bonds. The van der Waals surface area contributed by atoms with E-state index in [9.17, 15) is 9.59 Å². The predicted molar refractivity (Wildman–Crippen MR) is 120 cm³/mol. The zero-order valence-electron chi connectivity index (χ0n) is 14.8. The smallest absolute Gasteiger partial charge is 0.342 e. The Morgan fingerprint density at radius 3 is 2.81 bits per heavy atom. The SMILES string of the molecule is CCOC(=O)c1c(Cc2ccc(I)cc2Cl)n(C)c(=O)c2sc(SC)nc12. The molecule has 0 aliphatic rings. The van der Waals surface area contributed by atoms with E-state index in [0.717, 1.165) is 13.5 Å². The number of pyridine rings is 1. The second-order valence-corrected chi connectivity index (χ2v) is 9.39. The fourth-order valence-electron chi connectivity index (χ4n) is 2.75. The van der Waals surface area contributed by atoms with Gasteiger partial charge in [0.2, 0.25) is 0 Å². The first-order valence-electron chi connectivity index (χ1n) is 8.04. The van der Waals surface area contributed by atoms with Crippen molar-refractivity contribution in [2.24, 2.45) is 7.05 Å². The molecule has 0 spiro atoms. The third-order valence-corrected chi connectivity index (χ3v) is 7.12. The molecule has 5 nitrogen and oxygen atoms in total. The number of carbonyl (C=O) groups excluding carboxylic acids is 1. The van der Waals surface area contributed by atoms with E-state index in [2.05, 4.69) is 27.6 Å². The minimum atomic E-state index is -0.479. The van der Waals surface area contributed by atoms with Crippen molar-refractivity contribution < 1.29 is 9.53 Å². The maximum Gasteiger partial charge on any atom is 0.342 e. The van der Waals surface area contributed by atoms with Crippen LogP contribution < -0.4 is 5.56 Å². The molecule has 0 N–H and O–H groups in total. The summed E-state index contributed by atoms with van der Waals surface area (Å²) in [7, 11) is 1.67. The molecule has 0 atom stereocenters. The topological polar surface area (TPSA) is 61.2 Å². The zero-order chi connectivity index (χ0) is 19.7. The summed E-state index contributed by atoms with van der Waals surface area (Å²) in [5, 5.41) is 0.590. The standard InChI is InChI=1S/C18H16ClIN2O3S2/c1-4-25-17(24)13-12(7-9-5-6-10(20)8-11(9)19)22(2)16(23)15-14(13)21-18(26-3)27-15/h5-6,8H,4,7H2,1-3H3. The number of hydrogen-bond donors (Lipinski definition) is 0. The van der Waals surface area contributed by atoms with Crippen molar-refractivity contribution in [3.8, 4) is 0 Å². The number of hydrogen-bond acceptors (Lipinski definition) is 6. The van der Waals surface area contributed by atoms with Crippen LogP contribution in [0.15, 0.2) is 27.3 Å². The molecule has 0 fully saturated rings. The van der Waals surface area contributed by atoms with E-state index < -0.39 is 5.97 Å². The van der Waals surface area contributed by atoms with Crippen LogP contribution in [0.3, 0.4) is 0 Å². The molecule has 0 radical (unpaired) electrons. The van der Waals surface area contributed by atoms with Crippen molar-refractivity contribution in [3.63, 3.8) is 0 Å². The number of esters is 1. The number of thiazole rings is 1. The maximum absolute atomic E-state index is 12.9. The largest absolute Gasteiger partial charge is 0.462 e. The molecule has 0 bridgehead atoms. The van der Waals surface area contributed by atoms with Crippen molar-refractivity contribution in [1.29, 1.82) is 0 Å². The van der Waals surface area contributed by atoms with E-state index in [1.54, 1.807) is 14.0 Å². The Labute approximate surface area is 183 Å². The molecule has 2 heterocycles. The lowest BCUT2D eigenvalue weighted by atomic mass is 10.0. The second kappa shape index (κ2) is 8.50. The van der Waals surface area contributed by atoms with E-state index in [1.807, 2.05) is 24.5 Å². The molecule has 3 rings (SSSR count). The average Bonchev–Trinajstić information content (AvgIpc) is 3.06. The lowest BCUT2D eigenvalue weighted by molar-refractivity contribution is 0.0526. The summed E-state index contributed by atoms with van der Waals surface area (Å²) in [6.45, 7) is 1.99. The molecular formula is C18H16ClIN2O3S2. The van der Waals surface area contributed by atoms with Gasteiger partial charge in [-0.25, -0.2) is 9.78 Å². The lowest BCUT2D eigenvalue weighted by Crippen LogP contribution is -2.25. The van der Waals surface area contributed by atoms with Crippen LogP contribution in [0, 0.1) is 3.57 Å². The number of carbonyl (C=O) groups is 1. The molecule has 142 valence electrons. The van der Waals surface area contributed by atoms with Gasteiger partial charge in [0.1, 0.15) is 15.8 Å². The van der Waals surface area contributed by atoms with E-state index in [-0.39, 0.29) is 12.2 Å². The van der Waals surface area contributed by atoms with Crippen LogP contribution in [-0.2, 0) is 18.2 Å². The fraction of sp³-hybridized carbons (Fsp3) is 0.278. The molecule has 27 heavy (non-hydrogen) atoms. The molecule has 0 saturated carbocycles. The second-order valence-electron chi connectivity index (χ2n) is 5.68. The number of benzene rings is 1. The van der Waals surface area contributed by atoms with Crippen LogP contribution in [0.25, 0.3) is 10.2 Å². The molecule has 0 saturated heterocycles. The first kappa shape index (κ1) is 20.6. The lowest BCUT2D eigenvalue weighted by Gasteiger charge is -2.15. The predicted octanol–water partition coefficient (Wildman–Crippen LogP) is 4.74. The van der Waals surface area contributed by atoms with Crippen molar-refractivity contribution >= 4 is 73.5 Å². The van der Waals surface area contributed by atoms with Crippen LogP contribution in [0.4, 0.5) is 0 Å². The van der Waals surface area contributed by atoms with Crippen LogP contribution in [-0.4, -0.2) is 28.4 Å². The van der Waals surface area contributed by atoms with Gasteiger partial charge in [-0.1, -0.05) is 29.4 Å².